The molecule has 4 rings (SSSR count). The fraction of sp³-hybridized carbons (Fsp3) is 0.516. The van der Waals surface area contributed by atoms with Crippen LogP contribution >= 0.6 is 11.5 Å². The van der Waals surface area contributed by atoms with E-state index in [0.29, 0.717) is 6.04 Å². The van der Waals surface area contributed by atoms with Gasteiger partial charge in [-0.3, -0.25) is 4.98 Å². The molecule has 3 heterocycles. The first-order valence-electron chi connectivity index (χ1n) is 14.1. The number of allylic oxidation sites excluding steroid dienone is 1. The van der Waals surface area contributed by atoms with Gasteiger partial charge in [0.2, 0.25) is 5.13 Å². The summed E-state index contributed by atoms with van der Waals surface area (Å²) >= 11 is 1.45. The van der Waals surface area contributed by atoms with Gasteiger partial charge in [0.1, 0.15) is 0 Å². The molecule has 39 heavy (non-hydrogen) atoms. The maximum atomic E-state index is 4.94. The molecule has 1 aliphatic heterocycles. The van der Waals surface area contributed by atoms with E-state index in [9.17, 15) is 0 Å². The van der Waals surface area contributed by atoms with Gasteiger partial charge in [0.25, 0.3) is 0 Å². The molecule has 0 bridgehead atoms. The number of hydrogen-bond donors (Lipinski definition) is 2. The van der Waals surface area contributed by atoms with Gasteiger partial charge in [-0.2, -0.15) is 9.36 Å². The summed E-state index contributed by atoms with van der Waals surface area (Å²) in [6, 6.07) is 13.4. The number of rotatable bonds is 11. The minimum atomic E-state index is 0.0993. The summed E-state index contributed by atoms with van der Waals surface area (Å²) in [5.74, 6) is 0.750. The van der Waals surface area contributed by atoms with Gasteiger partial charge < -0.3 is 20.4 Å². The van der Waals surface area contributed by atoms with Crippen LogP contribution in [0.1, 0.15) is 78.3 Å². The Kier molecular flexibility index (Phi) is 9.28. The lowest BCUT2D eigenvalue weighted by Crippen LogP contribution is -2.61. The zero-order valence-electron chi connectivity index (χ0n) is 24.7. The van der Waals surface area contributed by atoms with Crippen molar-refractivity contribution in [1.29, 1.82) is 0 Å². The molecule has 1 aromatic carbocycles. The molecule has 2 N–H and O–H groups in total. The Morgan fingerprint density at radius 1 is 1.00 bits per heavy atom. The van der Waals surface area contributed by atoms with Gasteiger partial charge in [0, 0.05) is 84.7 Å². The SMILES string of the molecule is CCN(CC)c1ccc(CN(Cc2cccnc2)c2nc(C=C(C)NC3CC(C)(C)NC(C)(C)C3)ns2)cc1. The second-order valence-electron chi connectivity index (χ2n) is 12.0. The van der Waals surface area contributed by atoms with Crippen LogP contribution < -0.4 is 20.4 Å². The van der Waals surface area contributed by atoms with Gasteiger partial charge in [-0.05, 0) is 90.6 Å². The predicted octanol–water partition coefficient (Wildman–Crippen LogP) is 6.25. The fourth-order valence-corrected chi connectivity index (χ4v) is 6.57. The third-order valence-electron chi connectivity index (χ3n) is 7.20. The van der Waals surface area contributed by atoms with Crippen LogP contribution in [0.15, 0.2) is 54.5 Å². The molecule has 0 amide bonds. The number of nitrogens with zero attached hydrogens (tertiary/aromatic N) is 5. The van der Waals surface area contributed by atoms with E-state index in [4.69, 9.17) is 9.36 Å². The lowest BCUT2D eigenvalue weighted by molar-refractivity contribution is 0.151. The Labute approximate surface area is 238 Å². The third-order valence-corrected chi connectivity index (χ3v) is 7.99. The number of benzene rings is 1. The molecule has 7 nitrogen and oxygen atoms in total. The fourth-order valence-electron chi connectivity index (χ4n) is 5.92. The summed E-state index contributed by atoms with van der Waals surface area (Å²) in [7, 11) is 0. The average Bonchev–Trinajstić information content (AvgIpc) is 3.32. The lowest BCUT2D eigenvalue weighted by Gasteiger charge is -2.47. The topological polar surface area (TPSA) is 69.2 Å². The second-order valence-corrected chi connectivity index (χ2v) is 12.7. The highest BCUT2D eigenvalue weighted by molar-refractivity contribution is 7.09. The molecule has 1 saturated heterocycles. The Bertz CT molecular complexity index is 1200. The summed E-state index contributed by atoms with van der Waals surface area (Å²) < 4.78 is 4.71. The number of hydrogen-bond acceptors (Lipinski definition) is 8. The van der Waals surface area contributed by atoms with Crippen molar-refractivity contribution in [3.63, 3.8) is 0 Å². The van der Waals surface area contributed by atoms with Crippen LogP contribution in [0.5, 0.6) is 0 Å². The number of anilines is 2. The summed E-state index contributed by atoms with van der Waals surface area (Å²) in [5, 5.41) is 8.41. The molecule has 8 heteroatoms. The van der Waals surface area contributed by atoms with Crippen molar-refractivity contribution in [1.82, 2.24) is 25.0 Å². The van der Waals surface area contributed by atoms with E-state index in [-0.39, 0.29) is 11.1 Å². The van der Waals surface area contributed by atoms with Crippen molar-refractivity contribution in [3.05, 3.63) is 71.4 Å². The number of nitrogens with one attached hydrogen (secondary N) is 2. The summed E-state index contributed by atoms with van der Waals surface area (Å²) in [6.07, 6.45) is 7.96. The molecule has 0 unspecified atom stereocenters. The van der Waals surface area contributed by atoms with E-state index >= 15 is 0 Å². The van der Waals surface area contributed by atoms with E-state index in [1.54, 1.807) is 0 Å². The van der Waals surface area contributed by atoms with Gasteiger partial charge in [-0.15, -0.1) is 0 Å². The van der Waals surface area contributed by atoms with Gasteiger partial charge >= 0.3 is 0 Å². The highest BCUT2D eigenvalue weighted by atomic mass is 32.1. The van der Waals surface area contributed by atoms with E-state index < -0.39 is 0 Å². The molecule has 210 valence electrons. The quantitative estimate of drug-likeness (QED) is 0.294. The molecule has 0 saturated carbocycles. The van der Waals surface area contributed by atoms with Crippen molar-refractivity contribution in [2.75, 3.05) is 22.9 Å². The lowest BCUT2D eigenvalue weighted by atomic mass is 9.79. The molecule has 0 radical (unpaired) electrons. The van der Waals surface area contributed by atoms with Crippen molar-refractivity contribution >= 4 is 28.4 Å². The van der Waals surface area contributed by atoms with E-state index in [2.05, 4.69) is 110 Å². The van der Waals surface area contributed by atoms with E-state index in [0.717, 1.165) is 61.2 Å². The van der Waals surface area contributed by atoms with E-state index in [1.165, 1.54) is 22.8 Å². The van der Waals surface area contributed by atoms with Crippen LogP contribution in [0, 0.1) is 0 Å². The van der Waals surface area contributed by atoms with Crippen LogP contribution in [0.25, 0.3) is 6.08 Å². The molecule has 2 aromatic heterocycles. The van der Waals surface area contributed by atoms with Crippen LogP contribution in [0.4, 0.5) is 10.8 Å². The smallest absolute Gasteiger partial charge is 0.206 e. The highest BCUT2D eigenvalue weighted by Gasteiger charge is 2.37. The molecule has 3 aromatic rings. The van der Waals surface area contributed by atoms with Crippen molar-refractivity contribution in [2.45, 2.75) is 91.5 Å². The Morgan fingerprint density at radius 2 is 1.67 bits per heavy atom. The number of pyridine rings is 1. The molecule has 0 aliphatic carbocycles. The Morgan fingerprint density at radius 3 is 2.28 bits per heavy atom. The van der Waals surface area contributed by atoms with Gasteiger partial charge in [-0.25, -0.2) is 0 Å². The Hall–Kier alpha value is -2.97. The predicted molar refractivity (Wildman–Crippen MR) is 165 cm³/mol. The standard InChI is InChI=1S/C31H45N7S/c1-8-37(9-2)27-14-12-24(13-15-27)21-38(22-25-11-10-16-32-20-25)29-34-28(35-39-29)17-23(3)33-26-18-30(4,5)36-31(6,7)19-26/h10-17,20,26,33,36H,8-9,18-19,21-22H2,1-7H3. The zero-order valence-corrected chi connectivity index (χ0v) is 25.5. The third kappa shape index (κ3) is 8.26. The first kappa shape index (κ1) is 29.0. The van der Waals surface area contributed by atoms with Crippen molar-refractivity contribution in [3.8, 4) is 0 Å². The zero-order chi connectivity index (χ0) is 28.0. The summed E-state index contributed by atoms with van der Waals surface area (Å²) in [4.78, 5) is 13.9. The first-order valence-corrected chi connectivity index (χ1v) is 14.9. The monoisotopic (exact) mass is 547 g/mol. The number of piperidine rings is 1. The van der Waals surface area contributed by atoms with Crippen LogP contribution in [0.2, 0.25) is 0 Å². The highest BCUT2D eigenvalue weighted by Crippen LogP contribution is 2.29. The summed E-state index contributed by atoms with van der Waals surface area (Å²) in [6.45, 7) is 19.1. The van der Waals surface area contributed by atoms with Crippen molar-refractivity contribution in [2.24, 2.45) is 0 Å². The minimum Gasteiger partial charge on any atom is -0.386 e. The largest absolute Gasteiger partial charge is 0.386 e. The maximum Gasteiger partial charge on any atom is 0.206 e. The van der Waals surface area contributed by atoms with Crippen LogP contribution in [0.3, 0.4) is 0 Å². The normalized spacial score (nSPS) is 17.2. The van der Waals surface area contributed by atoms with Gasteiger partial charge in [0.15, 0.2) is 5.82 Å². The molecule has 1 fully saturated rings. The van der Waals surface area contributed by atoms with Gasteiger partial charge in [-0.1, -0.05) is 18.2 Å². The van der Waals surface area contributed by atoms with Crippen molar-refractivity contribution < 1.29 is 0 Å². The van der Waals surface area contributed by atoms with E-state index in [1.807, 2.05) is 18.5 Å². The molecule has 0 atom stereocenters. The number of aromatic nitrogens is 3. The maximum absolute atomic E-state index is 4.94. The first-order chi connectivity index (χ1) is 18.6. The Balaban J connectivity index is 1.50. The van der Waals surface area contributed by atoms with Crippen LogP contribution in [-0.2, 0) is 13.1 Å². The molecular weight excluding hydrogens is 502 g/mol. The van der Waals surface area contributed by atoms with Gasteiger partial charge in [0.05, 0.1) is 0 Å². The second kappa shape index (κ2) is 12.5. The molecule has 0 spiro atoms. The van der Waals surface area contributed by atoms with Crippen LogP contribution in [-0.4, -0.2) is 44.6 Å². The molecular formula is C31H45N7S. The molecule has 1 aliphatic rings. The minimum absolute atomic E-state index is 0.0993. The summed E-state index contributed by atoms with van der Waals surface area (Å²) in [5.41, 5.74) is 4.96. The average molecular weight is 548 g/mol.